The first-order valence-electron chi connectivity index (χ1n) is 6.34. The number of likely N-dealkylation sites (tertiary alicyclic amines) is 1. The maximum absolute atomic E-state index is 11.6. The zero-order valence-corrected chi connectivity index (χ0v) is 10.4. The van der Waals surface area contributed by atoms with Crippen LogP contribution in [0.25, 0.3) is 0 Å². The van der Waals surface area contributed by atoms with Crippen molar-refractivity contribution in [3.8, 4) is 0 Å². The molecule has 1 amide bonds. The van der Waals surface area contributed by atoms with Crippen molar-refractivity contribution < 1.29 is 9.53 Å². The first kappa shape index (κ1) is 13.3. The minimum absolute atomic E-state index is 0.111. The lowest BCUT2D eigenvalue weighted by molar-refractivity contribution is 0.0816. The fourth-order valence-electron chi connectivity index (χ4n) is 2.31. The Balaban J connectivity index is 2.43. The summed E-state index contributed by atoms with van der Waals surface area (Å²) in [4.78, 5) is 13.4. The number of amides is 1. The molecule has 2 N–H and O–H groups in total. The first-order chi connectivity index (χ1) is 7.67. The predicted molar refractivity (Wildman–Crippen MR) is 64.2 cm³/mol. The number of hydrogen-bond acceptors (Lipinski definition) is 3. The molecule has 0 radical (unpaired) electrons. The van der Waals surface area contributed by atoms with E-state index in [9.17, 15) is 4.79 Å². The highest BCUT2D eigenvalue weighted by Crippen LogP contribution is 2.21. The van der Waals surface area contributed by atoms with Crippen LogP contribution >= 0.6 is 0 Å². The highest BCUT2D eigenvalue weighted by Gasteiger charge is 2.28. The Hall–Kier alpha value is -0.770. The largest absolute Gasteiger partial charge is 0.450 e. The van der Waals surface area contributed by atoms with Crippen LogP contribution in [0.15, 0.2) is 0 Å². The van der Waals surface area contributed by atoms with Gasteiger partial charge in [0, 0.05) is 19.1 Å². The fourth-order valence-corrected chi connectivity index (χ4v) is 2.31. The second-order valence-electron chi connectivity index (χ2n) is 4.61. The lowest BCUT2D eigenvalue weighted by Crippen LogP contribution is -2.49. The van der Waals surface area contributed by atoms with Gasteiger partial charge in [0.1, 0.15) is 0 Å². The van der Waals surface area contributed by atoms with Crippen LogP contribution in [0.5, 0.6) is 0 Å². The Bertz CT molecular complexity index is 221. The Morgan fingerprint density at radius 3 is 2.81 bits per heavy atom. The van der Waals surface area contributed by atoms with Crippen molar-refractivity contribution in [3.63, 3.8) is 0 Å². The quantitative estimate of drug-likeness (QED) is 0.800. The lowest BCUT2D eigenvalue weighted by Gasteiger charge is -2.35. The number of nitrogens with two attached hydrogens (primary N) is 1. The SMILES string of the molecule is CCCCC1CC(N)CN(C(=O)OCC)C1. The van der Waals surface area contributed by atoms with Gasteiger partial charge in [0.05, 0.1) is 6.61 Å². The standard InChI is InChI=1S/C12H24N2O2/c1-3-5-6-10-7-11(13)9-14(8-10)12(15)16-4-2/h10-11H,3-9,13H2,1-2H3. The molecule has 16 heavy (non-hydrogen) atoms. The molecule has 2 unspecified atom stereocenters. The van der Waals surface area contributed by atoms with Gasteiger partial charge in [0.2, 0.25) is 0 Å². The first-order valence-corrected chi connectivity index (χ1v) is 6.34. The zero-order chi connectivity index (χ0) is 12.0. The number of unbranched alkanes of at least 4 members (excludes halogenated alkanes) is 1. The molecule has 94 valence electrons. The van der Waals surface area contributed by atoms with Crippen molar-refractivity contribution >= 4 is 6.09 Å². The smallest absolute Gasteiger partial charge is 0.409 e. The van der Waals surface area contributed by atoms with E-state index in [4.69, 9.17) is 10.5 Å². The number of piperidine rings is 1. The van der Waals surface area contributed by atoms with Crippen molar-refractivity contribution in [1.82, 2.24) is 4.90 Å². The van der Waals surface area contributed by atoms with Crippen LogP contribution in [0.3, 0.4) is 0 Å². The molecule has 1 aliphatic heterocycles. The topological polar surface area (TPSA) is 55.6 Å². The van der Waals surface area contributed by atoms with E-state index in [1.807, 2.05) is 6.92 Å². The zero-order valence-electron chi connectivity index (χ0n) is 10.4. The van der Waals surface area contributed by atoms with Gasteiger partial charge in [-0.05, 0) is 25.7 Å². The molecular weight excluding hydrogens is 204 g/mol. The number of carbonyl (C=O) groups excluding carboxylic acids is 1. The fraction of sp³-hybridized carbons (Fsp3) is 0.917. The molecular formula is C12H24N2O2. The molecule has 1 fully saturated rings. The summed E-state index contributed by atoms with van der Waals surface area (Å²) < 4.78 is 5.01. The van der Waals surface area contributed by atoms with Gasteiger partial charge >= 0.3 is 6.09 Å². The van der Waals surface area contributed by atoms with E-state index in [0.29, 0.717) is 19.1 Å². The summed E-state index contributed by atoms with van der Waals surface area (Å²) in [6.07, 6.45) is 4.41. The summed E-state index contributed by atoms with van der Waals surface area (Å²) >= 11 is 0. The van der Waals surface area contributed by atoms with E-state index in [1.165, 1.54) is 19.3 Å². The van der Waals surface area contributed by atoms with E-state index in [1.54, 1.807) is 4.90 Å². The third-order valence-electron chi connectivity index (χ3n) is 3.06. The van der Waals surface area contributed by atoms with E-state index < -0.39 is 0 Å². The molecule has 1 heterocycles. The number of hydrogen-bond donors (Lipinski definition) is 1. The van der Waals surface area contributed by atoms with Gasteiger partial charge in [-0.2, -0.15) is 0 Å². The molecule has 2 atom stereocenters. The monoisotopic (exact) mass is 228 g/mol. The lowest BCUT2D eigenvalue weighted by atomic mass is 9.90. The summed E-state index contributed by atoms with van der Waals surface area (Å²) in [5.41, 5.74) is 5.97. The molecule has 4 heteroatoms. The molecule has 0 spiro atoms. The molecule has 1 aliphatic rings. The van der Waals surface area contributed by atoms with Crippen molar-refractivity contribution in [1.29, 1.82) is 0 Å². The van der Waals surface area contributed by atoms with Crippen LogP contribution in [-0.2, 0) is 4.74 Å². The summed E-state index contributed by atoms with van der Waals surface area (Å²) in [6, 6.07) is 0.111. The number of nitrogens with zero attached hydrogens (tertiary/aromatic N) is 1. The summed E-state index contributed by atoms with van der Waals surface area (Å²) in [5.74, 6) is 0.549. The van der Waals surface area contributed by atoms with Crippen LogP contribution in [-0.4, -0.2) is 36.7 Å². The van der Waals surface area contributed by atoms with Crippen molar-refractivity contribution in [2.75, 3.05) is 19.7 Å². The summed E-state index contributed by atoms with van der Waals surface area (Å²) in [7, 11) is 0. The number of ether oxygens (including phenoxy) is 1. The van der Waals surface area contributed by atoms with Gasteiger partial charge in [-0.1, -0.05) is 19.8 Å². The second-order valence-corrected chi connectivity index (χ2v) is 4.61. The molecule has 0 aromatic heterocycles. The average molecular weight is 228 g/mol. The van der Waals surface area contributed by atoms with Crippen LogP contribution in [0.1, 0.15) is 39.5 Å². The normalized spacial score (nSPS) is 25.6. The van der Waals surface area contributed by atoms with Crippen molar-refractivity contribution in [3.05, 3.63) is 0 Å². The predicted octanol–water partition coefficient (Wildman–Crippen LogP) is 1.98. The average Bonchev–Trinajstić information content (AvgIpc) is 2.26. The molecule has 4 nitrogen and oxygen atoms in total. The van der Waals surface area contributed by atoms with E-state index >= 15 is 0 Å². The van der Waals surface area contributed by atoms with E-state index in [-0.39, 0.29) is 12.1 Å². The van der Waals surface area contributed by atoms with E-state index in [2.05, 4.69) is 6.92 Å². The Kier molecular flexibility index (Phi) is 5.60. The molecule has 1 saturated heterocycles. The maximum Gasteiger partial charge on any atom is 0.409 e. The molecule has 0 aromatic rings. The summed E-state index contributed by atoms with van der Waals surface area (Å²) in [5, 5.41) is 0. The maximum atomic E-state index is 11.6. The molecule has 0 bridgehead atoms. The molecule has 0 aliphatic carbocycles. The van der Waals surface area contributed by atoms with Gasteiger partial charge in [-0.15, -0.1) is 0 Å². The van der Waals surface area contributed by atoms with Gasteiger partial charge < -0.3 is 15.4 Å². The molecule has 1 rings (SSSR count). The van der Waals surface area contributed by atoms with E-state index in [0.717, 1.165) is 13.0 Å². The van der Waals surface area contributed by atoms with Gasteiger partial charge in [-0.25, -0.2) is 4.79 Å². The number of carbonyl (C=O) groups is 1. The third kappa shape index (κ3) is 4.00. The van der Waals surface area contributed by atoms with Crippen LogP contribution in [0, 0.1) is 5.92 Å². The second kappa shape index (κ2) is 6.74. The highest BCUT2D eigenvalue weighted by atomic mass is 16.6. The van der Waals surface area contributed by atoms with Crippen LogP contribution < -0.4 is 5.73 Å². The van der Waals surface area contributed by atoms with Crippen LogP contribution in [0.4, 0.5) is 4.79 Å². The van der Waals surface area contributed by atoms with Crippen molar-refractivity contribution in [2.45, 2.75) is 45.6 Å². The molecule has 0 saturated carbocycles. The minimum Gasteiger partial charge on any atom is -0.450 e. The minimum atomic E-state index is -0.209. The molecule has 0 aromatic carbocycles. The number of rotatable bonds is 4. The van der Waals surface area contributed by atoms with Gasteiger partial charge in [0.15, 0.2) is 0 Å². The Labute approximate surface area is 98.1 Å². The Morgan fingerprint density at radius 2 is 2.19 bits per heavy atom. The Morgan fingerprint density at radius 1 is 1.44 bits per heavy atom. The summed E-state index contributed by atoms with van der Waals surface area (Å²) in [6.45, 7) is 5.90. The van der Waals surface area contributed by atoms with Crippen LogP contribution in [0.2, 0.25) is 0 Å². The third-order valence-corrected chi connectivity index (χ3v) is 3.06. The van der Waals surface area contributed by atoms with Gasteiger partial charge in [-0.3, -0.25) is 0 Å². The van der Waals surface area contributed by atoms with Crippen molar-refractivity contribution in [2.24, 2.45) is 11.7 Å². The van der Waals surface area contributed by atoms with Gasteiger partial charge in [0.25, 0.3) is 0 Å². The highest BCUT2D eigenvalue weighted by molar-refractivity contribution is 5.67.